The van der Waals surface area contributed by atoms with Gasteiger partial charge in [-0.2, -0.15) is 5.10 Å². The Morgan fingerprint density at radius 1 is 1.25 bits per heavy atom. The molecule has 1 heterocycles. The summed E-state index contributed by atoms with van der Waals surface area (Å²) in [7, 11) is 0. The van der Waals surface area contributed by atoms with Gasteiger partial charge in [-0.3, -0.25) is 9.48 Å². The number of carbonyl (C=O) groups is 1. The quantitative estimate of drug-likeness (QED) is 0.725. The summed E-state index contributed by atoms with van der Waals surface area (Å²) in [4.78, 5) is 12.4. The van der Waals surface area contributed by atoms with Crippen LogP contribution in [0, 0.1) is 5.92 Å². The third-order valence-electron chi connectivity index (χ3n) is 4.65. The second kappa shape index (κ2) is 7.61. The zero-order chi connectivity index (χ0) is 14.4. The van der Waals surface area contributed by atoms with Crippen LogP contribution in [0.4, 0.5) is 0 Å². The van der Waals surface area contributed by atoms with Crippen molar-refractivity contribution in [2.24, 2.45) is 5.92 Å². The van der Waals surface area contributed by atoms with E-state index in [2.05, 4.69) is 18.9 Å². The maximum atomic E-state index is 12.4. The summed E-state index contributed by atoms with van der Waals surface area (Å²) < 4.78 is 2.04. The van der Waals surface area contributed by atoms with Gasteiger partial charge in [-0.15, -0.1) is 0 Å². The van der Waals surface area contributed by atoms with E-state index >= 15 is 0 Å². The van der Waals surface area contributed by atoms with Crippen molar-refractivity contribution in [3.05, 3.63) is 18.0 Å². The highest BCUT2D eigenvalue weighted by molar-refractivity contribution is 5.82. The minimum atomic E-state index is 0.288. The molecule has 3 heteroatoms. The summed E-state index contributed by atoms with van der Waals surface area (Å²) in [5, 5.41) is 4.61. The van der Waals surface area contributed by atoms with Crippen LogP contribution in [0.15, 0.2) is 12.3 Å². The molecule has 0 saturated heterocycles. The van der Waals surface area contributed by atoms with Crippen LogP contribution < -0.4 is 0 Å². The molecule has 1 aliphatic rings. The number of Topliss-reactive ketones (excluding diaryl/α,β-unsaturated/α-hetero) is 1. The van der Waals surface area contributed by atoms with Crippen molar-refractivity contribution in [2.75, 3.05) is 0 Å². The summed E-state index contributed by atoms with van der Waals surface area (Å²) in [5.41, 5.74) is 0.950. The van der Waals surface area contributed by atoms with Crippen molar-refractivity contribution in [1.29, 1.82) is 0 Å². The Kier molecular flexibility index (Phi) is 5.81. The monoisotopic (exact) mass is 276 g/mol. The molecule has 0 bridgehead atoms. The summed E-state index contributed by atoms with van der Waals surface area (Å²) in [6, 6.07) is 2.49. The first-order valence-corrected chi connectivity index (χ1v) is 8.31. The summed E-state index contributed by atoms with van der Waals surface area (Å²) in [5.74, 6) is 0.692. The third kappa shape index (κ3) is 3.94. The van der Waals surface area contributed by atoms with Crippen molar-refractivity contribution >= 4 is 5.78 Å². The molecule has 0 aromatic carbocycles. The van der Waals surface area contributed by atoms with Gasteiger partial charge in [0.25, 0.3) is 0 Å². The van der Waals surface area contributed by atoms with E-state index in [1.807, 2.05) is 16.9 Å². The molecule has 0 unspecified atom stereocenters. The molecule has 3 nitrogen and oxygen atoms in total. The van der Waals surface area contributed by atoms with Gasteiger partial charge in [-0.05, 0) is 31.7 Å². The van der Waals surface area contributed by atoms with Crippen LogP contribution in [0.1, 0.15) is 76.9 Å². The van der Waals surface area contributed by atoms with E-state index in [1.165, 1.54) is 25.7 Å². The highest BCUT2D eigenvalue weighted by Gasteiger charge is 2.21. The van der Waals surface area contributed by atoms with E-state index in [1.54, 1.807) is 0 Å². The van der Waals surface area contributed by atoms with Gasteiger partial charge in [-0.1, -0.05) is 39.5 Å². The highest BCUT2D eigenvalue weighted by atomic mass is 16.1. The predicted octanol–water partition coefficient (Wildman–Crippen LogP) is 4.33. The first-order valence-electron chi connectivity index (χ1n) is 8.31. The van der Waals surface area contributed by atoms with Gasteiger partial charge in [0, 0.05) is 12.1 Å². The van der Waals surface area contributed by atoms with E-state index in [0.29, 0.717) is 18.2 Å². The Labute approximate surface area is 122 Å². The Bertz CT molecular complexity index is 412. The molecule has 1 aromatic rings. The number of aromatic nitrogens is 2. The van der Waals surface area contributed by atoms with Crippen LogP contribution in [-0.2, 0) is 11.2 Å². The molecule has 0 N–H and O–H groups in total. The molecule has 0 aliphatic heterocycles. The largest absolute Gasteiger partial charge is 0.299 e. The number of nitrogens with zero attached hydrogens (tertiary/aromatic N) is 2. The van der Waals surface area contributed by atoms with Gasteiger partial charge in [0.05, 0.1) is 18.2 Å². The molecule has 0 spiro atoms. The lowest BCUT2D eigenvalue weighted by atomic mass is 9.93. The summed E-state index contributed by atoms with van der Waals surface area (Å²) >= 11 is 0. The number of hydrogen-bond acceptors (Lipinski definition) is 2. The van der Waals surface area contributed by atoms with Crippen LogP contribution >= 0.6 is 0 Å². The number of rotatable bonds is 6. The maximum Gasteiger partial charge on any atom is 0.141 e. The number of ketones is 1. The van der Waals surface area contributed by atoms with E-state index in [9.17, 15) is 4.79 Å². The first kappa shape index (κ1) is 15.3. The summed E-state index contributed by atoms with van der Waals surface area (Å²) in [6.07, 6.45) is 12.0. The molecule has 112 valence electrons. The van der Waals surface area contributed by atoms with E-state index in [0.717, 1.165) is 31.4 Å². The first-order chi connectivity index (χ1) is 9.74. The van der Waals surface area contributed by atoms with Crippen LogP contribution in [-0.4, -0.2) is 15.6 Å². The topological polar surface area (TPSA) is 34.9 Å². The zero-order valence-corrected chi connectivity index (χ0v) is 13.0. The lowest BCUT2D eigenvalue weighted by Crippen LogP contribution is -2.17. The predicted molar refractivity (Wildman–Crippen MR) is 81.7 cm³/mol. The fourth-order valence-corrected chi connectivity index (χ4v) is 3.26. The van der Waals surface area contributed by atoms with Gasteiger partial charge < -0.3 is 0 Å². The van der Waals surface area contributed by atoms with Crippen molar-refractivity contribution in [3.63, 3.8) is 0 Å². The molecule has 1 aromatic heterocycles. The van der Waals surface area contributed by atoms with Gasteiger partial charge in [0.15, 0.2) is 0 Å². The second-order valence-electron chi connectivity index (χ2n) is 6.09. The standard InChI is InChI=1S/C17H28N2O/c1-3-16(4-2)19-12-11-15(18-19)13-17(20)14-9-7-5-6-8-10-14/h11-12,14,16H,3-10,13H2,1-2H3. The fourth-order valence-electron chi connectivity index (χ4n) is 3.26. The smallest absolute Gasteiger partial charge is 0.141 e. The molecule has 0 amide bonds. The third-order valence-corrected chi connectivity index (χ3v) is 4.65. The Morgan fingerprint density at radius 2 is 1.90 bits per heavy atom. The fraction of sp³-hybridized carbons (Fsp3) is 0.765. The maximum absolute atomic E-state index is 12.4. The Morgan fingerprint density at radius 3 is 2.50 bits per heavy atom. The van der Waals surface area contributed by atoms with Crippen LogP contribution in [0.5, 0.6) is 0 Å². The Hall–Kier alpha value is -1.12. The SMILES string of the molecule is CCC(CC)n1ccc(CC(=O)C2CCCCCC2)n1. The molecule has 0 atom stereocenters. The van der Waals surface area contributed by atoms with Gasteiger partial charge >= 0.3 is 0 Å². The lowest BCUT2D eigenvalue weighted by Gasteiger charge is -2.13. The second-order valence-corrected chi connectivity index (χ2v) is 6.09. The zero-order valence-electron chi connectivity index (χ0n) is 13.0. The van der Waals surface area contributed by atoms with Crippen LogP contribution in [0.3, 0.4) is 0 Å². The van der Waals surface area contributed by atoms with E-state index in [4.69, 9.17) is 0 Å². The Balaban J connectivity index is 1.93. The molecule has 2 rings (SSSR count). The minimum Gasteiger partial charge on any atom is -0.299 e. The average molecular weight is 276 g/mol. The van der Waals surface area contributed by atoms with Crippen molar-refractivity contribution in [3.8, 4) is 0 Å². The number of carbonyl (C=O) groups excluding carboxylic acids is 1. The lowest BCUT2D eigenvalue weighted by molar-refractivity contribution is -0.122. The van der Waals surface area contributed by atoms with Gasteiger partial charge in [-0.25, -0.2) is 0 Å². The van der Waals surface area contributed by atoms with E-state index in [-0.39, 0.29) is 5.92 Å². The molecular weight excluding hydrogens is 248 g/mol. The highest BCUT2D eigenvalue weighted by Crippen LogP contribution is 2.24. The molecular formula is C17H28N2O. The molecule has 1 aliphatic carbocycles. The van der Waals surface area contributed by atoms with E-state index < -0.39 is 0 Å². The van der Waals surface area contributed by atoms with Crippen molar-refractivity contribution in [2.45, 2.75) is 77.7 Å². The normalized spacial score (nSPS) is 17.4. The molecule has 20 heavy (non-hydrogen) atoms. The van der Waals surface area contributed by atoms with Crippen LogP contribution in [0.25, 0.3) is 0 Å². The van der Waals surface area contributed by atoms with Crippen molar-refractivity contribution < 1.29 is 4.79 Å². The van der Waals surface area contributed by atoms with Gasteiger partial charge in [0.1, 0.15) is 5.78 Å². The van der Waals surface area contributed by atoms with Crippen LogP contribution in [0.2, 0.25) is 0 Å². The van der Waals surface area contributed by atoms with Crippen molar-refractivity contribution in [1.82, 2.24) is 9.78 Å². The minimum absolute atomic E-state index is 0.288. The average Bonchev–Trinajstić information content (AvgIpc) is 2.75. The molecule has 1 saturated carbocycles. The number of hydrogen-bond donors (Lipinski definition) is 0. The summed E-state index contributed by atoms with van der Waals surface area (Å²) in [6.45, 7) is 4.37. The van der Waals surface area contributed by atoms with Gasteiger partial charge in [0.2, 0.25) is 0 Å². The molecule has 0 radical (unpaired) electrons. The molecule has 1 fully saturated rings.